The molecule has 0 unspecified atom stereocenters. The maximum Gasteiger partial charge on any atom is 0.0702 e. The minimum atomic E-state index is -0.361. The van der Waals surface area contributed by atoms with Crippen molar-refractivity contribution >= 4 is 0 Å². The van der Waals surface area contributed by atoms with Crippen molar-refractivity contribution in [1.29, 1.82) is 0 Å². The van der Waals surface area contributed by atoms with E-state index in [1.807, 2.05) is 6.92 Å². The van der Waals surface area contributed by atoms with Gasteiger partial charge in [-0.2, -0.15) is 0 Å². The van der Waals surface area contributed by atoms with E-state index in [9.17, 15) is 5.11 Å². The van der Waals surface area contributed by atoms with Gasteiger partial charge in [0.05, 0.1) is 18.8 Å². The number of hydrogen-bond acceptors (Lipinski definition) is 4. The van der Waals surface area contributed by atoms with Gasteiger partial charge in [-0.3, -0.25) is 4.90 Å². The van der Waals surface area contributed by atoms with Crippen LogP contribution in [0.2, 0.25) is 0 Å². The summed E-state index contributed by atoms with van der Waals surface area (Å²) < 4.78 is 5.55. The van der Waals surface area contributed by atoms with Crippen LogP contribution in [0.5, 0.6) is 0 Å². The molecule has 0 amide bonds. The van der Waals surface area contributed by atoms with Crippen LogP contribution in [0.3, 0.4) is 0 Å². The molecule has 0 saturated carbocycles. The van der Waals surface area contributed by atoms with Gasteiger partial charge < -0.3 is 14.9 Å². The van der Waals surface area contributed by atoms with Gasteiger partial charge in [-0.15, -0.1) is 0 Å². The molecule has 2 N–H and O–H groups in total. The Bertz CT molecular complexity index is 169. The summed E-state index contributed by atoms with van der Waals surface area (Å²) in [5, 5.41) is 18.5. The first-order valence-electron chi connectivity index (χ1n) is 5.78. The van der Waals surface area contributed by atoms with Crippen LogP contribution in [0.1, 0.15) is 26.7 Å². The lowest BCUT2D eigenvalue weighted by molar-refractivity contribution is 0.0246. The first-order valence-corrected chi connectivity index (χ1v) is 5.78. The van der Waals surface area contributed by atoms with E-state index in [-0.39, 0.29) is 24.9 Å². The number of aliphatic hydroxyl groups excluding tert-OH is 2. The van der Waals surface area contributed by atoms with Crippen LogP contribution in [0.4, 0.5) is 0 Å². The normalized spacial score (nSPS) is 25.8. The molecule has 0 bridgehead atoms. The molecule has 0 aliphatic carbocycles. The summed E-state index contributed by atoms with van der Waals surface area (Å²) in [7, 11) is 0. The van der Waals surface area contributed by atoms with Crippen molar-refractivity contribution in [2.75, 3.05) is 26.3 Å². The molecule has 0 aromatic carbocycles. The monoisotopic (exact) mass is 217 g/mol. The smallest absolute Gasteiger partial charge is 0.0702 e. The Morgan fingerprint density at radius 2 is 2.20 bits per heavy atom. The minimum absolute atomic E-state index is 0.0869. The molecule has 15 heavy (non-hydrogen) atoms. The third kappa shape index (κ3) is 4.47. The molecular weight excluding hydrogens is 194 g/mol. The van der Waals surface area contributed by atoms with Crippen LogP contribution in [0.15, 0.2) is 0 Å². The zero-order valence-corrected chi connectivity index (χ0v) is 9.72. The molecule has 0 aromatic heterocycles. The van der Waals surface area contributed by atoms with Gasteiger partial charge in [0.25, 0.3) is 0 Å². The van der Waals surface area contributed by atoms with E-state index in [1.165, 1.54) is 0 Å². The highest BCUT2D eigenvalue weighted by Gasteiger charge is 2.22. The first kappa shape index (κ1) is 12.9. The fourth-order valence-corrected chi connectivity index (χ4v) is 1.94. The highest BCUT2D eigenvalue weighted by Crippen LogP contribution is 2.14. The molecule has 0 spiro atoms. The maximum atomic E-state index is 9.38. The molecular formula is C11H23NO3. The molecule has 90 valence electrons. The van der Waals surface area contributed by atoms with Crippen molar-refractivity contribution < 1.29 is 14.9 Å². The molecule has 1 fully saturated rings. The lowest BCUT2D eigenvalue weighted by Crippen LogP contribution is -2.44. The zero-order chi connectivity index (χ0) is 11.3. The third-order valence-corrected chi connectivity index (χ3v) is 2.85. The quantitative estimate of drug-likeness (QED) is 0.669. The lowest BCUT2D eigenvalue weighted by Gasteiger charge is -2.30. The molecule has 4 heteroatoms. The largest absolute Gasteiger partial charge is 0.395 e. The lowest BCUT2D eigenvalue weighted by atomic mass is 10.2. The fourth-order valence-electron chi connectivity index (χ4n) is 1.94. The Kier molecular flexibility index (Phi) is 5.53. The Labute approximate surface area is 91.8 Å². The van der Waals surface area contributed by atoms with Crippen molar-refractivity contribution in [2.45, 2.75) is 44.9 Å². The SMILES string of the molecule is C[C@H](O)CN(C[C@H]1CCCO1)[C@@H](C)CO. The fraction of sp³-hybridized carbons (Fsp3) is 1.00. The van der Waals surface area contributed by atoms with Crippen LogP contribution in [0.25, 0.3) is 0 Å². The van der Waals surface area contributed by atoms with E-state index in [1.54, 1.807) is 6.92 Å². The molecule has 4 nitrogen and oxygen atoms in total. The standard InChI is InChI=1S/C11H23NO3/c1-9(8-13)12(6-10(2)14)7-11-4-3-5-15-11/h9-11,13-14H,3-8H2,1-2H3/t9-,10-,11+/m0/s1. The van der Waals surface area contributed by atoms with Crippen LogP contribution < -0.4 is 0 Å². The summed E-state index contributed by atoms with van der Waals surface area (Å²) in [5.41, 5.74) is 0. The topological polar surface area (TPSA) is 52.9 Å². The summed E-state index contributed by atoms with van der Waals surface area (Å²) >= 11 is 0. The van der Waals surface area contributed by atoms with Gasteiger partial charge in [0, 0.05) is 25.7 Å². The minimum Gasteiger partial charge on any atom is -0.395 e. The highest BCUT2D eigenvalue weighted by molar-refractivity contribution is 4.75. The van der Waals surface area contributed by atoms with E-state index < -0.39 is 0 Å². The zero-order valence-electron chi connectivity index (χ0n) is 9.72. The molecule has 1 aliphatic rings. The van der Waals surface area contributed by atoms with E-state index in [0.717, 1.165) is 26.0 Å². The van der Waals surface area contributed by atoms with Crippen LogP contribution in [0, 0.1) is 0 Å². The Balaban J connectivity index is 2.39. The molecule has 0 aromatic rings. The number of rotatable bonds is 6. The Morgan fingerprint density at radius 1 is 1.47 bits per heavy atom. The summed E-state index contributed by atoms with van der Waals surface area (Å²) in [6.07, 6.45) is 2.13. The number of nitrogens with zero attached hydrogens (tertiary/aromatic N) is 1. The van der Waals surface area contributed by atoms with Gasteiger partial charge >= 0.3 is 0 Å². The van der Waals surface area contributed by atoms with Gasteiger partial charge in [-0.1, -0.05) is 0 Å². The average Bonchev–Trinajstić information content (AvgIpc) is 2.67. The van der Waals surface area contributed by atoms with Crippen LogP contribution in [-0.4, -0.2) is 59.7 Å². The second-order valence-electron chi connectivity index (χ2n) is 4.47. The predicted octanol–water partition coefficient (Wildman–Crippen LogP) is 0.229. The van der Waals surface area contributed by atoms with E-state index in [4.69, 9.17) is 9.84 Å². The second kappa shape index (κ2) is 6.43. The number of hydrogen-bond donors (Lipinski definition) is 2. The van der Waals surface area contributed by atoms with Crippen molar-refractivity contribution in [3.8, 4) is 0 Å². The first-order chi connectivity index (χ1) is 7.13. The number of aliphatic hydroxyl groups is 2. The van der Waals surface area contributed by atoms with Gasteiger partial charge in [0.2, 0.25) is 0 Å². The Hall–Kier alpha value is -0.160. The van der Waals surface area contributed by atoms with E-state index in [0.29, 0.717) is 6.54 Å². The maximum absolute atomic E-state index is 9.38. The van der Waals surface area contributed by atoms with Crippen LogP contribution in [-0.2, 0) is 4.74 Å². The predicted molar refractivity (Wildman–Crippen MR) is 58.8 cm³/mol. The van der Waals surface area contributed by atoms with Gasteiger partial charge in [0.15, 0.2) is 0 Å². The van der Waals surface area contributed by atoms with Crippen LogP contribution >= 0.6 is 0 Å². The summed E-state index contributed by atoms with van der Waals surface area (Å²) in [5.74, 6) is 0. The van der Waals surface area contributed by atoms with Crippen molar-refractivity contribution in [1.82, 2.24) is 4.90 Å². The third-order valence-electron chi connectivity index (χ3n) is 2.85. The molecule has 1 saturated heterocycles. The number of ether oxygens (including phenoxy) is 1. The van der Waals surface area contributed by atoms with Crippen molar-refractivity contribution in [3.63, 3.8) is 0 Å². The molecule has 1 rings (SSSR count). The molecule has 1 heterocycles. The van der Waals surface area contributed by atoms with Crippen molar-refractivity contribution in [2.24, 2.45) is 0 Å². The summed E-state index contributed by atoms with van der Waals surface area (Å²) in [6, 6.07) is 0.0869. The average molecular weight is 217 g/mol. The molecule has 3 atom stereocenters. The van der Waals surface area contributed by atoms with Gasteiger partial charge in [0.1, 0.15) is 0 Å². The van der Waals surface area contributed by atoms with E-state index >= 15 is 0 Å². The Morgan fingerprint density at radius 3 is 2.67 bits per heavy atom. The second-order valence-corrected chi connectivity index (χ2v) is 4.47. The van der Waals surface area contributed by atoms with E-state index in [2.05, 4.69) is 4.90 Å². The van der Waals surface area contributed by atoms with Gasteiger partial charge in [-0.25, -0.2) is 0 Å². The highest BCUT2D eigenvalue weighted by atomic mass is 16.5. The van der Waals surface area contributed by atoms with Gasteiger partial charge in [-0.05, 0) is 26.7 Å². The summed E-state index contributed by atoms with van der Waals surface area (Å²) in [4.78, 5) is 2.10. The van der Waals surface area contributed by atoms with Crippen molar-refractivity contribution in [3.05, 3.63) is 0 Å². The summed E-state index contributed by atoms with van der Waals surface area (Å²) in [6.45, 7) is 6.12. The molecule has 1 aliphatic heterocycles. The molecule has 0 radical (unpaired) electrons.